The molecule has 1 aromatic carbocycles. The van der Waals surface area contributed by atoms with Gasteiger partial charge < -0.3 is 16.0 Å². The van der Waals surface area contributed by atoms with Crippen molar-refractivity contribution in [2.45, 2.75) is 13.5 Å². The van der Waals surface area contributed by atoms with Gasteiger partial charge in [0, 0.05) is 26.3 Å². The van der Waals surface area contributed by atoms with Crippen LogP contribution in [0.2, 0.25) is 0 Å². The first-order valence-corrected chi connectivity index (χ1v) is 6.31. The highest BCUT2D eigenvalue weighted by Crippen LogP contribution is 2.22. The summed E-state index contributed by atoms with van der Waals surface area (Å²) in [5, 5.41) is 3.35. The lowest BCUT2D eigenvalue weighted by Crippen LogP contribution is -2.11. The van der Waals surface area contributed by atoms with E-state index in [2.05, 4.69) is 16.4 Å². The van der Waals surface area contributed by atoms with Crippen LogP contribution in [-0.2, 0) is 6.54 Å². The lowest BCUT2D eigenvalue weighted by Gasteiger charge is -2.15. The molecule has 0 fully saturated rings. The number of benzene rings is 1. The summed E-state index contributed by atoms with van der Waals surface area (Å²) in [6.45, 7) is 2.58. The SMILES string of the molecule is Cc1ccc(N(C)C)nc1Nc1cccc(CN)c1. The largest absolute Gasteiger partial charge is 0.363 e. The Morgan fingerprint density at radius 2 is 2.00 bits per heavy atom. The summed E-state index contributed by atoms with van der Waals surface area (Å²) < 4.78 is 0. The van der Waals surface area contributed by atoms with Crippen LogP contribution in [0.3, 0.4) is 0 Å². The van der Waals surface area contributed by atoms with E-state index in [4.69, 9.17) is 5.73 Å². The number of hydrogen-bond donors (Lipinski definition) is 2. The fourth-order valence-electron chi connectivity index (χ4n) is 1.81. The first-order chi connectivity index (χ1) is 9.10. The van der Waals surface area contributed by atoms with Crippen molar-refractivity contribution < 1.29 is 0 Å². The van der Waals surface area contributed by atoms with Crippen molar-refractivity contribution in [1.82, 2.24) is 4.98 Å². The van der Waals surface area contributed by atoms with Gasteiger partial charge in [0.1, 0.15) is 11.6 Å². The summed E-state index contributed by atoms with van der Waals surface area (Å²) >= 11 is 0. The third-order valence-electron chi connectivity index (χ3n) is 2.97. The zero-order valence-corrected chi connectivity index (χ0v) is 11.6. The van der Waals surface area contributed by atoms with Gasteiger partial charge in [0.05, 0.1) is 0 Å². The van der Waals surface area contributed by atoms with Crippen molar-refractivity contribution in [2.24, 2.45) is 5.73 Å². The van der Waals surface area contributed by atoms with Crippen LogP contribution >= 0.6 is 0 Å². The highest BCUT2D eigenvalue weighted by Gasteiger charge is 2.04. The molecule has 0 bridgehead atoms. The maximum absolute atomic E-state index is 5.66. The molecule has 4 nitrogen and oxygen atoms in total. The van der Waals surface area contributed by atoms with Gasteiger partial charge in [-0.1, -0.05) is 18.2 Å². The van der Waals surface area contributed by atoms with Gasteiger partial charge >= 0.3 is 0 Å². The number of pyridine rings is 1. The average molecular weight is 256 g/mol. The smallest absolute Gasteiger partial charge is 0.135 e. The Bertz CT molecular complexity index is 564. The molecular formula is C15H20N4. The fourth-order valence-corrected chi connectivity index (χ4v) is 1.81. The van der Waals surface area contributed by atoms with Gasteiger partial charge in [-0.3, -0.25) is 0 Å². The Kier molecular flexibility index (Phi) is 4.02. The van der Waals surface area contributed by atoms with Gasteiger partial charge in [0.2, 0.25) is 0 Å². The first-order valence-electron chi connectivity index (χ1n) is 6.31. The first kappa shape index (κ1) is 13.4. The molecule has 1 aromatic heterocycles. The Labute approximate surface area is 114 Å². The Hall–Kier alpha value is -2.07. The number of anilines is 3. The molecule has 0 spiro atoms. The van der Waals surface area contributed by atoms with E-state index >= 15 is 0 Å². The van der Waals surface area contributed by atoms with Gasteiger partial charge in [0.15, 0.2) is 0 Å². The Balaban J connectivity index is 2.29. The van der Waals surface area contributed by atoms with E-state index in [1.807, 2.05) is 56.3 Å². The molecule has 19 heavy (non-hydrogen) atoms. The second-order valence-corrected chi connectivity index (χ2v) is 4.76. The lowest BCUT2D eigenvalue weighted by atomic mass is 10.2. The van der Waals surface area contributed by atoms with E-state index in [1.54, 1.807) is 0 Å². The van der Waals surface area contributed by atoms with E-state index in [9.17, 15) is 0 Å². The molecular weight excluding hydrogens is 236 g/mol. The third-order valence-corrected chi connectivity index (χ3v) is 2.97. The monoisotopic (exact) mass is 256 g/mol. The lowest BCUT2D eigenvalue weighted by molar-refractivity contribution is 1.06. The molecule has 2 rings (SSSR count). The van der Waals surface area contributed by atoms with E-state index < -0.39 is 0 Å². The normalized spacial score (nSPS) is 10.3. The van der Waals surface area contributed by atoms with Crippen LogP contribution in [0.1, 0.15) is 11.1 Å². The summed E-state index contributed by atoms with van der Waals surface area (Å²) in [4.78, 5) is 6.59. The molecule has 0 saturated heterocycles. The predicted molar refractivity (Wildman–Crippen MR) is 80.9 cm³/mol. The molecule has 0 aliphatic heterocycles. The summed E-state index contributed by atoms with van der Waals surface area (Å²) in [7, 11) is 3.97. The minimum absolute atomic E-state index is 0.541. The van der Waals surface area contributed by atoms with E-state index in [0.29, 0.717) is 6.54 Å². The Morgan fingerprint density at radius 1 is 1.21 bits per heavy atom. The minimum atomic E-state index is 0.541. The topological polar surface area (TPSA) is 54.2 Å². The standard InChI is InChI=1S/C15H20N4/c1-11-7-8-14(19(2)3)18-15(11)17-13-6-4-5-12(9-13)10-16/h4-9H,10,16H2,1-3H3,(H,17,18). The number of rotatable bonds is 4. The van der Waals surface area contributed by atoms with Gasteiger partial charge in [-0.2, -0.15) is 0 Å². The van der Waals surface area contributed by atoms with Crippen LogP contribution in [0.5, 0.6) is 0 Å². The van der Waals surface area contributed by atoms with Gasteiger partial charge in [0.25, 0.3) is 0 Å². The predicted octanol–water partition coefficient (Wildman–Crippen LogP) is 2.66. The molecule has 0 aliphatic rings. The number of nitrogens with one attached hydrogen (secondary N) is 1. The van der Waals surface area contributed by atoms with Crippen LogP contribution in [0.25, 0.3) is 0 Å². The molecule has 2 aromatic rings. The number of nitrogens with zero attached hydrogens (tertiary/aromatic N) is 2. The van der Waals surface area contributed by atoms with Crippen molar-refractivity contribution in [1.29, 1.82) is 0 Å². The van der Waals surface area contributed by atoms with Crippen LogP contribution < -0.4 is 16.0 Å². The van der Waals surface area contributed by atoms with Crippen LogP contribution in [-0.4, -0.2) is 19.1 Å². The van der Waals surface area contributed by atoms with Crippen molar-refractivity contribution in [3.8, 4) is 0 Å². The van der Waals surface area contributed by atoms with E-state index in [1.165, 1.54) is 0 Å². The van der Waals surface area contributed by atoms with Crippen molar-refractivity contribution in [2.75, 3.05) is 24.3 Å². The third kappa shape index (κ3) is 3.23. The average Bonchev–Trinajstić information content (AvgIpc) is 2.41. The van der Waals surface area contributed by atoms with Crippen LogP contribution in [0, 0.1) is 6.92 Å². The summed E-state index contributed by atoms with van der Waals surface area (Å²) in [5.41, 5.74) is 8.88. The molecule has 0 amide bonds. The quantitative estimate of drug-likeness (QED) is 0.883. The molecule has 1 heterocycles. The highest BCUT2D eigenvalue weighted by molar-refractivity contribution is 5.62. The summed E-state index contributed by atoms with van der Waals surface area (Å²) in [6, 6.07) is 12.2. The van der Waals surface area contributed by atoms with Crippen molar-refractivity contribution in [3.05, 3.63) is 47.5 Å². The zero-order chi connectivity index (χ0) is 13.8. The number of aromatic nitrogens is 1. The molecule has 0 unspecified atom stereocenters. The molecule has 0 atom stereocenters. The second kappa shape index (κ2) is 5.71. The van der Waals surface area contributed by atoms with Gasteiger partial charge in [-0.15, -0.1) is 0 Å². The number of hydrogen-bond acceptors (Lipinski definition) is 4. The molecule has 3 N–H and O–H groups in total. The van der Waals surface area contributed by atoms with E-state index in [-0.39, 0.29) is 0 Å². The van der Waals surface area contributed by atoms with Gasteiger partial charge in [-0.05, 0) is 36.2 Å². The summed E-state index contributed by atoms with van der Waals surface area (Å²) in [6.07, 6.45) is 0. The molecule has 4 heteroatoms. The molecule has 0 radical (unpaired) electrons. The fraction of sp³-hybridized carbons (Fsp3) is 0.267. The number of nitrogens with two attached hydrogens (primary N) is 1. The van der Waals surface area contributed by atoms with Crippen molar-refractivity contribution in [3.63, 3.8) is 0 Å². The van der Waals surface area contributed by atoms with Crippen LogP contribution in [0.4, 0.5) is 17.3 Å². The maximum Gasteiger partial charge on any atom is 0.135 e. The van der Waals surface area contributed by atoms with Gasteiger partial charge in [-0.25, -0.2) is 4.98 Å². The van der Waals surface area contributed by atoms with Crippen LogP contribution in [0.15, 0.2) is 36.4 Å². The molecule has 0 saturated carbocycles. The van der Waals surface area contributed by atoms with Crippen molar-refractivity contribution >= 4 is 17.3 Å². The Morgan fingerprint density at radius 3 is 2.68 bits per heavy atom. The summed E-state index contributed by atoms with van der Waals surface area (Å²) in [5.74, 6) is 1.81. The maximum atomic E-state index is 5.66. The molecule has 100 valence electrons. The minimum Gasteiger partial charge on any atom is -0.363 e. The van der Waals surface area contributed by atoms with E-state index in [0.717, 1.165) is 28.5 Å². The number of aryl methyl sites for hydroxylation is 1. The second-order valence-electron chi connectivity index (χ2n) is 4.76. The highest BCUT2D eigenvalue weighted by atomic mass is 15.2. The zero-order valence-electron chi connectivity index (χ0n) is 11.6. The molecule has 0 aliphatic carbocycles.